The number of hydrogen-bond acceptors (Lipinski definition) is 2. The van der Waals surface area contributed by atoms with Crippen LogP contribution in [0, 0.1) is 6.92 Å². The van der Waals surface area contributed by atoms with E-state index in [9.17, 15) is 0 Å². The smallest absolute Gasteiger partial charge is 0.0412 e. The van der Waals surface area contributed by atoms with Gasteiger partial charge < -0.3 is 5.32 Å². The van der Waals surface area contributed by atoms with Crippen LogP contribution in [-0.2, 0) is 6.54 Å². The van der Waals surface area contributed by atoms with Crippen molar-refractivity contribution in [2.75, 3.05) is 0 Å². The van der Waals surface area contributed by atoms with Gasteiger partial charge in [0.25, 0.3) is 0 Å². The first kappa shape index (κ1) is 12.2. The molecular formula is C15H16ClNS. The second-order valence-corrected chi connectivity index (χ2v) is 6.59. The first-order valence-electron chi connectivity index (χ1n) is 6.31. The minimum absolute atomic E-state index is 0.735. The van der Waals surface area contributed by atoms with E-state index in [2.05, 4.69) is 36.5 Å². The first-order valence-corrected chi connectivity index (χ1v) is 7.50. The predicted octanol–water partition coefficient (Wildman–Crippen LogP) is 4.63. The fourth-order valence-electron chi connectivity index (χ4n) is 2.05. The highest BCUT2D eigenvalue weighted by molar-refractivity contribution is 7.15. The van der Waals surface area contributed by atoms with Gasteiger partial charge in [0.1, 0.15) is 0 Å². The number of rotatable bonds is 4. The number of hydrogen-bond donors (Lipinski definition) is 1. The van der Waals surface area contributed by atoms with Crippen molar-refractivity contribution >= 4 is 22.9 Å². The Balaban J connectivity index is 1.91. The van der Waals surface area contributed by atoms with Crippen molar-refractivity contribution in [3.63, 3.8) is 0 Å². The Morgan fingerprint density at radius 3 is 2.78 bits per heavy atom. The number of thiophene rings is 1. The maximum Gasteiger partial charge on any atom is 0.0412 e. The zero-order valence-corrected chi connectivity index (χ0v) is 11.9. The quantitative estimate of drug-likeness (QED) is 0.859. The van der Waals surface area contributed by atoms with Crippen molar-refractivity contribution in [1.29, 1.82) is 0 Å². The molecule has 1 fully saturated rings. The second kappa shape index (κ2) is 5.04. The summed E-state index contributed by atoms with van der Waals surface area (Å²) < 4.78 is 0. The van der Waals surface area contributed by atoms with Crippen LogP contribution >= 0.6 is 22.9 Å². The van der Waals surface area contributed by atoms with Gasteiger partial charge in [-0.1, -0.05) is 17.7 Å². The monoisotopic (exact) mass is 277 g/mol. The van der Waals surface area contributed by atoms with Gasteiger partial charge in [-0.2, -0.15) is 0 Å². The Labute approximate surface area is 117 Å². The Hall–Kier alpha value is -0.830. The summed E-state index contributed by atoms with van der Waals surface area (Å²) in [4.78, 5) is 2.65. The fourth-order valence-corrected chi connectivity index (χ4v) is 3.14. The van der Waals surface area contributed by atoms with Gasteiger partial charge in [-0.25, -0.2) is 0 Å². The SMILES string of the molecule is Cc1ccc(-c2cc(Cl)ccc2CNC2CC2)s1. The molecular weight excluding hydrogens is 262 g/mol. The zero-order chi connectivity index (χ0) is 12.5. The van der Waals surface area contributed by atoms with Crippen LogP contribution < -0.4 is 5.32 Å². The van der Waals surface area contributed by atoms with Crippen LogP contribution in [0.1, 0.15) is 23.3 Å². The minimum Gasteiger partial charge on any atom is -0.310 e. The lowest BCUT2D eigenvalue weighted by atomic mass is 10.1. The Kier molecular flexibility index (Phi) is 3.42. The minimum atomic E-state index is 0.735. The van der Waals surface area contributed by atoms with Crippen molar-refractivity contribution in [3.05, 3.63) is 45.8 Å². The molecule has 1 aliphatic rings. The molecule has 0 atom stereocenters. The summed E-state index contributed by atoms with van der Waals surface area (Å²) in [5.74, 6) is 0. The predicted molar refractivity (Wildman–Crippen MR) is 79.4 cm³/mol. The van der Waals surface area contributed by atoms with Crippen LogP contribution in [0.5, 0.6) is 0 Å². The van der Waals surface area contributed by atoms with Gasteiger partial charge in [-0.05, 0) is 55.2 Å². The number of nitrogens with one attached hydrogen (secondary N) is 1. The lowest BCUT2D eigenvalue weighted by molar-refractivity contribution is 0.689. The normalized spacial score (nSPS) is 15.0. The van der Waals surface area contributed by atoms with Crippen LogP contribution in [0.25, 0.3) is 10.4 Å². The van der Waals surface area contributed by atoms with E-state index in [1.54, 1.807) is 0 Å². The van der Waals surface area contributed by atoms with E-state index in [4.69, 9.17) is 11.6 Å². The standard InChI is InChI=1S/C15H16ClNS/c1-10-2-7-15(18-10)14-8-12(16)4-3-11(14)9-17-13-5-6-13/h2-4,7-8,13,17H,5-6,9H2,1H3. The Morgan fingerprint density at radius 1 is 1.28 bits per heavy atom. The van der Waals surface area contributed by atoms with E-state index in [1.165, 1.54) is 33.7 Å². The van der Waals surface area contributed by atoms with Crippen molar-refractivity contribution in [2.24, 2.45) is 0 Å². The average Bonchev–Trinajstić information content (AvgIpc) is 3.09. The molecule has 2 aromatic rings. The summed E-state index contributed by atoms with van der Waals surface area (Å²) in [6.07, 6.45) is 2.64. The van der Waals surface area contributed by atoms with Crippen LogP contribution in [0.4, 0.5) is 0 Å². The van der Waals surface area contributed by atoms with Gasteiger partial charge in [0.2, 0.25) is 0 Å². The van der Waals surface area contributed by atoms with Crippen molar-refractivity contribution in [1.82, 2.24) is 5.32 Å². The van der Waals surface area contributed by atoms with Crippen LogP contribution in [-0.4, -0.2) is 6.04 Å². The van der Waals surface area contributed by atoms with Crippen molar-refractivity contribution in [3.8, 4) is 10.4 Å². The largest absolute Gasteiger partial charge is 0.310 e. The van der Waals surface area contributed by atoms with E-state index in [-0.39, 0.29) is 0 Å². The van der Waals surface area contributed by atoms with E-state index in [0.717, 1.165) is 17.6 Å². The maximum atomic E-state index is 6.13. The van der Waals surface area contributed by atoms with Gasteiger partial charge in [0, 0.05) is 27.4 Å². The van der Waals surface area contributed by atoms with Crippen molar-refractivity contribution < 1.29 is 0 Å². The second-order valence-electron chi connectivity index (χ2n) is 4.87. The zero-order valence-electron chi connectivity index (χ0n) is 10.4. The summed E-state index contributed by atoms with van der Waals surface area (Å²) in [5, 5.41) is 4.38. The van der Waals surface area contributed by atoms with E-state index in [1.807, 2.05) is 17.4 Å². The first-order chi connectivity index (χ1) is 8.72. The third-order valence-corrected chi connectivity index (χ3v) is 4.51. The Morgan fingerprint density at radius 2 is 2.11 bits per heavy atom. The molecule has 94 valence electrons. The molecule has 3 heteroatoms. The highest BCUT2D eigenvalue weighted by Crippen LogP contribution is 2.33. The van der Waals surface area contributed by atoms with Crippen LogP contribution in [0.3, 0.4) is 0 Å². The summed E-state index contributed by atoms with van der Waals surface area (Å²) in [7, 11) is 0. The summed E-state index contributed by atoms with van der Waals surface area (Å²) in [5.41, 5.74) is 2.61. The molecule has 1 N–H and O–H groups in total. The van der Waals surface area contributed by atoms with Gasteiger partial charge in [-0.3, -0.25) is 0 Å². The summed E-state index contributed by atoms with van der Waals surface area (Å²) in [6, 6.07) is 11.3. The molecule has 0 bridgehead atoms. The highest BCUT2D eigenvalue weighted by Gasteiger charge is 2.20. The third kappa shape index (κ3) is 2.77. The van der Waals surface area contributed by atoms with Gasteiger partial charge in [0.05, 0.1) is 0 Å². The molecule has 1 aromatic carbocycles. The van der Waals surface area contributed by atoms with Crippen LogP contribution in [0.2, 0.25) is 5.02 Å². The molecule has 3 rings (SSSR count). The van der Waals surface area contributed by atoms with E-state index in [0.29, 0.717) is 0 Å². The van der Waals surface area contributed by atoms with Gasteiger partial charge in [0.15, 0.2) is 0 Å². The van der Waals surface area contributed by atoms with Crippen molar-refractivity contribution in [2.45, 2.75) is 32.4 Å². The fraction of sp³-hybridized carbons (Fsp3) is 0.333. The third-order valence-electron chi connectivity index (χ3n) is 3.24. The molecule has 0 saturated heterocycles. The summed E-state index contributed by atoms with van der Waals surface area (Å²) in [6.45, 7) is 3.08. The molecule has 1 aromatic heterocycles. The maximum absolute atomic E-state index is 6.13. The molecule has 0 radical (unpaired) electrons. The molecule has 1 nitrogen and oxygen atoms in total. The van der Waals surface area contributed by atoms with Gasteiger partial charge >= 0.3 is 0 Å². The van der Waals surface area contributed by atoms with E-state index < -0.39 is 0 Å². The lowest BCUT2D eigenvalue weighted by Gasteiger charge is -2.09. The molecule has 1 heterocycles. The number of aryl methyl sites for hydroxylation is 1. The molecule has 0 unspecified atom stereocenters. The lowest BCUT2D eigenvalue weighted by Crippen LogP contribution is -2.15. The van der Waals surface area contributed by atoms with E-state index >= 15 is 0 Å². The van der Waals surface area contributed by atoms with Crippen LogP contribution in [0.15, 0.2) is 30.3 Å². The molecule has 0 aliphatic heterocycles. The molecule has 0 amide bonds. The Bertz CT molecular complexity index is 557. The molecule has 1 aliphatic carbocycles. The topological polar surface area (TPSA) is 12.0 Å². The number of halogens is 1. The average molecular weight is 278 g/mol. The van der Waals surface area contributed by atoms with Gasteiger partial charge in [-0.15, -0.1) is 11.3 Å². The summed E-state index contributed by atoms with van der Waals surface area (Å²) >= 11 is 7.96. The number of benzene rings is 1. The molecule has 1 saturated carbocycles. The highest BCUT2D eigenvalue weighted by atomic mass is 35.5. The molecule has 0 spiro atoms. The molecule has 18 heavy (non-hydrogen) atoms.